The van der Waals surface area contributed by atoms with Gasteiger partial charge in [0.1, 0.15) is 5.82 Å². The molecule has 2 aromatic rings. The van der Waals surface area contributed by atoms with E-state index in [1.165, 1.54) is 5.56 Å². The summed E-state index contributed by atoms with van der Waals surface area (Å²) < 4.78 is 0. The molecule has 2 rings (SSSR count). The van der Waals surface area contributed by atoms with Crippen molar-refractivity contribution in [3.8, 4) is 0 Å². The highest BCUT2D eigenvalue weighted by molar-refractivity contribution is 5.40. The van der Waals surface area contributed by atoms with Crippen LogP contribution in [0.5, 0.6) is 0 Å². The second-order valence-corrected chi connectivity index (χ2v) is 4.56. The lowest BCUT2D eigenvalue weighted by Gasteiger charge is -2.12. The Morgan fingerprint density at radius 1 is 1.16 bits per heavy atom. The molecule has 0 radical (unpaired) electrons. The number of rotatable bonds is 6. The fourth-order valence-corrected chi connectivity index (χ4v) is 1.64. The molecule has 4 heteroatoms. The van der Waals surface area contributed by atoms with Crippen LogP contribution in [0.3, 0.4) is 0 Å². The van der Waals surface area contributed by atoms with Crippen molar-refractivity contribution in [1.82, 2.24) is 9.97 Å². The highest BCUT2D eigenvalue weighted by Crippen LogP contribution is 2.09. The Bertz CT molecular complexity index is 499. The van der Waals surface area contributed by atoms with E-state index in [4.69, 9.17) is 0 Å². The van der Waals surface area contributed by atoms with Crippen LogP contribution in [-0.2, 0) is 6.54 Å². The maximum absolute atomic E-state index is 4.44. The molecule has 0 aliphatic heterocycles. The third kappa shape index (κ3) is 4.25. The monoisotopic (exact) mass is 256 g/mol. The number of benzene rings is 1. The topological polar surface area (TPSA) is 49.8 Å². The quantitative estimate of drug-likeness (QED) is 0.832. The molecule has 1 atom stereocenters. The van der Waals surface area contributed by atoms with Gasteiger partial charge in [-0.15, -0.1) is 0 Å². The van der Waals surface area contributed by atoms with E-state index in [2.05, 4.69) is 46.6 Å². The summed E-state index contributed by atoms with van der Waals surface area (Å²) in [5.74, 6) is 1.51. The normalized spacial score (nSPS) is 11.9. The van der Waals surface area contributed by atoms with Crippen LogP contribution >= 0.6 is 0 Å². The van der Waals surface area contributed by atoms with Crippen molar-refractivity contribution < 1.29 is 0 Å². The second-order valence-electron chi connectivity index (χ2n) is 4.56. The van der Waals surface area contributed by atoms with Gasteiger partial charge in [-0.3, -0.25) is 0 Å². The third-order valence-corrected chi connectivity index (χ3v) is 2.96. The van der Waals surface area contributed by atoms with Crippen LogP contribution < -0.4 is 10.6 Å². The maximum atomic E-state index is 4.44. The minimum absolute atomic E-state index is 0.379. The van der Waals surface area contributed by atoms with Gasteiger partial charge in [-0.05, 0) is 25.0 Å². The number of hydrogen-bond donors (Lipinski definition) is 2. The lowest BCUT2D eigenvalue weighted by atomic mass is 10.2. The molecule has 1 unspecified atom stereocenters. The van der Waals surface area contributed by atoms with Crippen molar-refractivity contribution in [2.75, 3.05) is 10.6 Å². The van der Waals surface area contributed by atoms with Crippen LogP contribution in [0, 0.1) is 0 Å². The highest BCUT2D eigenvalue weighted by Gasteiger charge is 2.02. The Labute approximate surface area is 114 Å². The van der Waals surface area contributed by atoms with Gasteiger partial charge in [0.15, 0.2) is 0 Å². The van der Waals surface area contributed by atoms with Crippen molar-refractivity contribution in [3.63, 3.8) is 0 Å². The van der Waals surface area contributed by atoms with Crippen molar-refractivity contribution in [2.24, 2.45) is 0 Å². The molecule has 1 aromatic carbocycles. The molecule has 2 N–H and O–H groups in total. The smallest absolute Gasteiger partial charge is 0.224 e. The van der Waals surface area contributed by atoms with Gasteiger partial charge in [0.05, 0.1) is 0 Å². The van der Waals surface area contributed by atoms with Gasteiger partial charge >= 0.3 is 0 Å². The molecular weight excluding hydrogens is 236 g/mol. The number of aromatic nitrogens is 2. The predicted octanol–water partition coefficient (Wildman–Crippen LogP) is 3.30. The van der Waals surface area contributed by atoms with Gasteiger partial charge in [-0.25, -0.2) is 4.98 Å². The summed E-state index contributed by atoms with van der Waals surface area (Å²) in [4.78, 5) is 8.66. The molecule has 4 nitrogen and oxygen atoms in total. The summed E-state index contributed by atoms with van der Waals surface area (Å²) >= 11 is 0. The minimum atomic E-state index is 0.379. The van der Waals surface area contributed by atoms with E-state index in [-0.39, 0.29) is 0 Å². The molecule has 0 amide bonds. The molecule has 0 aliphatic carbocycles. The zero-order chi connectivity index (χ0) is 13.5. The molecule has 0 aliphatic rings. The van der Waals surface area contributed by atoms with E-state index in [1.807, 2.05) is 24.3 Å². The van der Waals surface area contributed by atoms with Gasteiger partial charge in [-0.2, -0.15) is 4.98 Å². The molecule has 19 heavy (non-hydrogen) atoms. The number of anilines is 2. The zero-order valence-electron chi connectivity index (χ0n) is 11.4. The highest BCUT2D eigenvalue weighted by atomic mass is 15.1. The molecule has 1 heterocycles. The van der Waals surface area contributed by atoms with Crippen LogP contribution in [0.4, 0.5) is 11.8 Å². The van der Waals surface area contributed by atoms with Crippen molar-refractivity contribution in [2.45, 2.75) is 32.9 Å². The van der Waals surface area contributed by atoms with Crippen LogP contribution in [-0.4, -0.2) is 16.0 Å². The Hall–Kier alpha value is -2.10. The van der Waals surface area contributed by atoms with E-state index in [1.54, 1.807) is 6.20 Å². The molecule has 0 saturated heterocycles. The number of nitrogens with one attached hydrogen (secondary N) is 2. The lowest BCUT2D eigenvalue weighted by molar-refractivity contribution is 0.753. The van der Waals surface area contributed by atoms with Crippen LogP contribution in [0.2, 0.25) is 0 Å². The van der Waals surface area contributed by atoms with Gasteiger partial charge in [0.2, 0.25) is 5.95 Å². The van der Waals surface area contributed by atoms with E-state index in [0.29, 0.717) is 12.0 Å². The number of nitrogens with zero attached hydrogens (tertiary/aromatic N) is 2. The summed E-state index contributed by atoms with van der Waals surface area (Å²) in [5, 5.41) is 6.57. The first-order valence-corrected chi connectivity index (χ1v) is 6.65. The summed E-state index contributed by atoms with van der Waals surface area (Å²) in [5.41, 5.74) is 1.23. The maximum Gasteiger partial charge on any atom is 0.224 e. The van der Waals surface area contributed by atoms with E-state index < -0.39 is 0 Å². The van der Waals surface area contributed by atoms with Gasteiger partial charge in [0.25, 0.3) is 0 Å². The van der Waals surface area contributed by atoms with Crippen LogP contribution in [0.25, 0.3) is 0 Å². The first-order valence-electron chi connectivity index (χ1n) is 6.65. The Kier molecular flexibility index (Phi) is 4.72. The minimum Gasteiger partial charge on any atom is -0.366 e. The van der Waals surface area contributed by atoms with Crippen LogP contribution in [0.1, 0.15) is 25.8 Å². The van der Waals surface area contributed by atoms with Gasteiger partial charge in [-0.1, -0.05) is 37.3 Å². The number of hydrogen-bond acceptors (Lipinski definition) is 4. The summed E-state index contributed by atoms with van der Waals surface area (Å²) in [7, 11) is 0. The van der Waals surface area contributed by atoms with E-state index in [0.717, 1.165) is 18.8 Å². The van der Waals surface area contributed by atoms with Crippen molar-refractivity contribution in [3.05, 3.63) is 48.2 Å². The van der Waals surface area contributed by atoms with Crippen molar-refractivity contribution in [1.29, 1.82) is 0 Å². The average molecular weight is 256 g/mol. The Balaban J connectivity index is 1.95. The van der Waals surface area contributed by atoms with E-state index >= 15 is 0 Å². The zero-order valence-corrected chi connectivity index (χ0v) is 11.4. The SMILES string of the molecule is CCC(C)Nc1nccc(NCc2ccccc2)n1. The molecular formula is C15H20N4. The molecule has 1 aromatic heterocycles. The fourth-order valence-electron chi connectivity index (χ4n) is 1.64. The fraction of sp³-hybridized carbons (Fsp3) is 0.333. The Morgan fingerprint density at radius 2 is 1.95 bits per heavy atom. The second kappa shape index (κ2) is 6.73. The van der Waals surface area contributed by atoms with Crippen molar-refractivity contribution >= 4 is 11.8 Å². The lowest BCUT2D eigenvalue weighted by Crippen LogP contribution is -2.16. The first kappa shape index (κ1) is 13.3. The van der Waals surface area contributed by atoms with E-state index in [9.17, 15) is 0 Å². The molecule has 0 saturated carbocycles. The first-order chi connectivity index (χ1) is 9.28. The summed E-state index contributed by atoms with van der Waals surface area (Å²) in [6.07, 6.45) is 2.82. The predicted molar refractivity (Wildman–Crippen MR) is 79.2 cm³/mol. The standard InChI is InChI=1S/C15H20N4/c1-3-12(2)18-15-16-10-9-14(19-15)17-11-13-7-5-4-6-8-13/h4-10,12H,3,11H2,1-2H3,(H2,16,17,18,19). The Morgan fingerprint density at radius 3 is 2.68 bits per heavy atom. The summed E-state index contributed by atoms with van der Waals surface area (Å²) in [6, 6.07) is 12.5. The summed E-state index contributed by atoms with van der Waals surface area (Å²) in [6.45, 7) is 5.02. The molecule has 0 bridgehead atoms. The third-order valence-electron chi connectivity index (χ3n) is 2.96. The van der Waals surface area contributed by atoms with Gasteiger partial charge < -0.3 is 10.6 Å². The average Bonchev–Trinajstić information content (AvgIpc) is 2.46. The van der Waals surface area contributed by atoms with Gasteiger partial charge in [0, 0.05) is 18.8 Å². The molecule has 0 spiro atoms. The van der Waals surface area contributed by atoms with Crippen LogP contribution in [0.15, 0.2) is 42.6 Å². The largest absolute Gasteiger partial charge is 0.366 e. The molecule has 100 valence electrons. The molecule has 0 fully saturated rings.